The Labute approximate surface area is 129 Å². The van der Waals surface area contributed by atoms with Gasteiger partial charge in [0.05, 0.1) is 10.0 Å². The number of esters is 1. The van der Waals surface area contributed by atoms with Crippen molar-refractivity contribution in [1.29, 1.82) is 0 Å². The predicted molar refractivity (Wildman–Crippen MR) is 84.7 cm³/mol. The average molecular weight is 343 g/mol. The number of phenolic OH excluding ortho intramolecular Hbond substituents is 1. The van der Waals surface area contributed by atoms with E-state index in [-0.39, 0.29) is 5.75 Å². The quantitative estimate of drug-likeness (QED) is 0.549. The Bertz CT molecular complexity index is 813. The largest absolute Gasteiger partial charge is 0.508 e. The Hall–Kier alpha value is -2.33. The summed E-state index contributed by atoms with van der Waals surface area (Å²) in [5, 5.41) is 11.2. The van der Waals surface area contributed by atoms with Gasteiger partial charge in [0.15, 0.2) is 0 Å². The monoisotopic (exact) mass is 342 g/mol. The van der Waals surface area contributed by atoms with E-state index in [1.807, 2.05) is 6.07 Å². The van der Waals surface area contributed by atoms with Crippen molar-refractivity contribution < 1.29 is 14.6 Å². The summed E-state index contributed by atoms with van der Waals surface area (Å²) in [7, 11) is 0. The Morgan fingerprint density at radius 2 is 1.76 bits per heavy atom. The van der Waals surface area contributed by atoms with Crippen LogP contribution >= 0.6 is 15.9 Å². The molecule has 3 aromatic carbocycles. The normalized spacial score (nSPS) is 10.5. The molecule has 0 amide bonds. The third kappa shape index (κ3) is 2.76. The van der Waals surface area contributed by atoms with Gasteiger partial charge in [-0.2, -0.15) is 0 Å². The first-order valence-corrected chi connectivity index (χ1v) is 7.13. The van der Waals surface area contributed by atoms with Gasteiger partial charge in [-0.3, -0.25) is 0 Å². The number of hydrogen-bond donors (Lipinski definition) is 1. The summed E-state index contributed by atoms with van der Waals surface area (Å²) in [5.74, 6) is 0.236. The molecule has 4 heteroatoms. The molecule has 3 aromatic rings. The Balaban J connectivity index is 1.96. The first-order chi connectivity index (χ1) is 10.1. The molecule has 0 heterocycles. The zero-order valence-corrected chi connectivity index (χ0v) is 12.5. The molecule has 0 aliphatic rings. The standard InChI is InChI=1S/C17H11BrO3/c18-16-14-8-7-13(19)10-12(14)6-9-15(16)21-17(20)11-4-2-1-3-5-11/h1-10,19H. The number of carbonyl (C=O) groups excluding carboxylic acids is 1. The van der Waals surface area contributed by atoms with Crippen molar-refractivity contribution in [2.75, 3.05) is 0 Å². The molecular formula is C17H11BrO3. The van der Waals surface area contributed by atoms with Crippen molar-refractivity contribution >= 4 is 32.7 Å². The van der Waals surface area contributed by atoms with Crippen LogP contribution in [0.25, 0.3) is 10.8 Å². The molecule has 3 rings (SSSR count). The lowest BCUT2D eigenvalue weighted by Gasteiger charge is -2.09. The summed E-state index contributed by atoms with van der Waals surface area (Å²) in [4.78, 5) is 12.1. The molecule has 0 aliphatic heterocycles. The van der Waals surface area contributed by atoms with Crippen LogP contribution in [0.2, 0.25) is 0 Å². The van der Waals surface area contributed by atoms with Crippen molar-refractivity contribution in [3.05, 3.63) is 70.7 Å². The number of halogens is 1. The lowest BCUT2D eigenvalue weighted by Crippen LogP contribution is -2.08. The highest BCUT2D eigenvalue weighted by Crippen LogP contribution is 2.34. The van der Waals surface area contributed by atoms with Crippen LogP contribution in [0.5, 0.6) is 11.5 Å². The van der Waals surface area contributed by atoms with Crippen LogP contribution in [-0.2, 0) is 0 Å². The second-order valence-corrected chi connectivity index (χ2v) is 5.33. The number of ether oxygens (including phenoxy) is 1. The van der Waals surface area contributed by atoms with Crippen molar-refractivity contribution in [1.82, 2.24) is 0 Å². The maximum absolute atomic E-state index is 12.1. The molecule has 0 bridgehead atoms. The summed E-state index contributed by atoms with van der Waals surface area (Å²) in [6.45, 7) is 0. The Morgan fingerprint density at radius 1 is 1.00 bits per heavy atom. The number of phenols is 1. The fraction of sp³-hybridized carbons (Fsp3) is 0. The van der Waals surface area contributed by atoms with Gasteiger partial charge in [-0.15, -0.1) is 0 Å². The Morgan fingerprint density at radius 3 is 2.52 bits per heavy atom. The number of aromatic hydroxyl groups is 1. The minimum Gasteiger partial charge on any atom is -0.508 e. The van der Waals surface area contributed by atoms with Gasteiger partial charge in [0.25, 0.3) is 0 Å². The van der Waals surface area contributed by atoms with E-state index in [0.29, 0.717) is 15.8 Å². The van der Waals surface area contributed by atoms with E-state index in [9.17, 15) is 9.90 Å². The van der Waals surface area contributed by atoms with E-state index in [0.717, 1.165) is 10.8 Å². The van der Waals surface area contributed by atoms with E-state index in [1.54, 1.807) is 54.6 Å². The molecule has 1 N–H and O–H groups in total. The molecule has 0 saturated carbocycles. The van der Waals surface area contributed by atoms with Gasteiger partial charge in [0.2, 0.25) is 0 Å². The molecule has 0 unspecified atom stereocenters. The summed E-state index contributed by atoms with van der Waals surface area (Å²) < 4.78 is 6.11. The predicted octanol–water partition coefficient (Wildman–Crippen LogP) is 4.53. The molecule has 0 radical (unpaired) electrons. The minimum atomic E-state index is -0.408. The number of fused-ring (bicyclic) bond motifs is 1. The highest BCUT2D eigenvalue weighted by molar-refractivity contribution is 9.10. The van der Waals surface area contributed by atoms with Gasteiger partial charge in [-0.05, 0) is 63.1 Å². The van der Waals surface area contributed by atoms with Gasteiger partial charge in [0.1, 0.15) is 11.5 Å². The van der Waals surface area contributed by atoms with Crippen molar-refractivity contribution in [3.63, 3.8) is 0 Å². The third-order valence-electron chi connectivity index (χ3n) is 3.11. The minimum absolute atomic E-state index is 0.198. The van der Waals surface area contributed by atoms with E-state index < -0.39 is 5.97 Å². The second-order valence-electron chi connectivity index (χ2n) is 4.54. The molecule has 0 fully saturated rings. The average Bonchev–Trinajstić information content (AvgIpc) is 2.51. The summed E-state index contributed by atoms with van der Waals surface area (Å²) in [5.41, 5.74) is 0.496. The van der Waals surface area contributed by atoms with Crippen LogP contribution in [0, 0.1) is 0 Å². The van der Waals surface area contributed by atoms with E-state index in [1.165, 1.54) is 0 Å². The second kappa shape index (κ2) is 5.58. The molecular weight excluding hydrogens is 332 g/mol. The van der Waals surface area contributed by atoms with Crippen LogP contribution in [0.4, 0.5) is 0 Å². The molecule has 21 heavy (non-hydrogen) atoms. The molecule has 0 saturated heterocycles. The van der Waals surface area contributed by atoms with Crippen molar-refractivity contribution in [2.45, 2.75) is 0 Å². The smallest absolute Gasteiger partial charge is 0.343 e. The van der Waals surface area contributed by atoms with Crippen molar-refractivity contribution in [2.24, 2.45) is 0 Å². The topological polar surface area (TPSA) is 46.5 Å². The number of rotatable bonds is 2. The van der Waals surface area contributed by atoms with Gasteiger partial charge in [-0.25, -0.2) is 4.79 Å². The van der Waals surface area contributed by atoms with Crippen LogP contribution in [0.3, 0.4) is 0 Å². The van der Waals surface area contributed by atoms with E-state index >= 15 is 0 Å². The Kier molecular flexibility index (Phi) is 3.62. The molecule has 0 aliphatic carbocycles. The van der Waals surface area contributed by atoms with Crippen LogP contribution in [-0.4, -0.2) is 11.1 Å². The van der Waals surface area contributed by atoms with Crippen LogP contribution < -0.4 is 4.74 Å². The molecule has 104 valence electrons. The van der Waals surface area contributed by atoms with E-state index in [4.69, 9.17) is 4.74 Å². The lowest BCUT2D eigenvalue weighted by molar-refractivity contribution is 0.0734. The van der Waals surface area contributed by atoms with Gasteiger partial charge >= 0.3 is 5.97 Å². The summed E-state index contributed by atoms with van der Waals surface area (Å²) in [6.07, 6.45) is 0. The zero-order chi connectivity index (χ0) is 14.8. The molecule has 0 spiro atoms. The molecule has 0 aromatic heterocycles. The fourth-order valence-corrected chi connectivity index (χ4v) is 2.65. The van der Waals surface area contributed by atoms with Gasteiger partial charge < -0.3 is 9.84 Å². The maximum Gasteiger partial charge on any atom is 0.343 e. The van der Waals surface area contributed by atoms with E-state index in [2.05, 4.69) is 15.9 Å². The highest BCUT2D eigenvalue weighted by Gasteiger charge is 2.12. The van der Waals surface area contributed by atoms with Crippen LogP contribution in [0.1, 0.15) is 10.4 Å². The SMILES string of the molecule is O=C(Oc1ccc2cc(O)ccc2c1Br)c1ccccc1. The third-order valence-corrected chi connectivity index (χ3v) is 3.93. The van der Waals surface area contributed by atoms with Gasteiger partial charge in [-0.1, -0.05) is 24.3 Å². The maximum atomic E-state index is 12.1. The van der Waals surface area contributed by atoms with Crippen LogP contribution in [0.15, 0.2) is 65.1 Å². The summed E-state index contributed by atoms with van der Waals surface area (Å²) in [6, 6.07) is 17.3. The fourth-order valence-electron chi connectivity index (χ4n) is 2.07. The first-order valence-electron chi connectivity index (χ1n) is 6.33. The van der Waals surface area contributed by atoms with Crippen molar-refractivity contribution in [3.8, 4) is 11.5 Å². The molecule has 3 nitrogen and oxygen atoms in total. The number of benzene rings is 3. The molecule has 0 atom stereocenters. The highest BCUT2D eigenvalue weighted by atomic mass is 79.9. The first kappa shape index (κ1) is 13.6. The number of carbonyl (C=O) groups is 1. The summed E-state index contributed by atoms with van der Waals surface area (Å²) >= 11 is 3.45. The van der Waals surface area contributed by atoms with Gasteiger partial charge in [0, 0.05) is 0 Å². The number of hydrogen-bond acceptors (Lipinski definition) is 3. The zero-order valence-electron chi connectivity index (χ0n) is 10.9. The lowest BCUT2D eigenvalue weighted by atomic mass is 10.1.